The van der Waals surface area contributed by atoms with E-state index >= 15 is 0 Å². The van der Waals surface area contributed by atoms with Crippen molar-refractivity contribution < 1.29 is 19.4 Å². The quantitative estimate of drug-likeness (QED) is 0.796. The molecule has 0 spiro atoms. The van der Waals surface area contributed by atoms with Crippen molar-refractivity contribution in [2.24, 2.45) is 0 Å². The molecule has 0 saturated carbocycles. The van der Waals surface area contributed by atoms with Gasteiger partial charge in [-0.15, -0.1) is 0 Å². The van der Waals surface area contributed by atoms with E-state index < -0.39 is 6.10 Å². The fourth-order valence-corrected chi connectivity index (χ4v) is 1.52. The van der Waals surface area contributed by atoms with Crippen LogP contribution < -0.4 is 14.8 Å². The average molecular weight is 253 g/mol. The fourth-order valence-electron chi connectivity index (χ4n) is 1.52. The van der Waals surface area contributed by atoms with Crippen molar-refractivity contribution in [1.82, 2.24) is 5.32 Å². The lowest BCUT2D eigenvalue weighted by Gasteiger charge is -2.18. The summed E-state index contributed by atoms with van der Waals surface area (Å²) in [7, 11) is 1.55. The van der Waals surface area contributed by atoms with Crippen LogP contribution in [0.3, 0.4) is 0 Å². The number of likely N-dealkylation sites (N-methyl/N-ethyl adjacent to an activating group) is 1. The topological polar surface area (TPSA) is 67.8 Å². The van der Waals surface area contributed by atoms with E-state index in [-0.39, 0.29) is 12.5 Å². The third kappa shape index (κ3) is 3.37. The van der Waals surface area contributed by atoms with Gasteiger partial charge in [-0.05, 0) is 19.9 Å². The Hall–Kier alpha value is -1.75. The van der Waals surface area contributed by atoms with Gasteiger partial charge < -0.3 is 19.9 Å². The summed E-state index contributed by atoms with van der Waals surface area (Å²) < 4.78 is 11.0. The van der Waals surface area contributed by atoms with Crippen molar-refractivity contribution in [3.05, 3.63) is 23.8 Å². The summed E-state index contributed by atoms with van der Waals surface area (Å²) in [6.45, 7) is 3.82. The number of benzene rings is 1. The predicted octanol–water partition coefficient (Wildman–Crippen LogP) is 1.09. The molecule has 1 aromatic rings. The normalized spacial score (nSPS) is 11.8. The number of para-hydroxylation sites is 1. The number of carbonyl (C=O) groups excluding carboxylic acids is 1. The molecule has 0 aliphatic carbocycles. The van der Waals surface area contributed by atoms with Crippen LogP contribution in [0.5, 0.6) is 11.5 Å². The predicted molar refractivity (Wildman–Crippen MR) is 67.7 cm³/mol. The van der Waals surface area contributed by atoms with E-state index in [9.17, 15) is 9.90 Å². The summed E-state index contributed by atoms with van der Waals surface area (Å²) in [4.78, 5) is 11.4. The second-order valence-corrected chi connectivity index (χ2v) is 3.71. The van der Waals surface area contributed by atoms with Crippen LogP contribution in [0.15, 0.2) is 18.2 Å². The minimum atomic E-state index is -0.651. The third-order valence-corrected chi connectivity index (χ3v) is 2.44. The maximum atomic E-state index is 11.4. The molecule has 0 bridgehead atoms. The molecule has 0 saturated heterocycles. The molecule has 0 aliphatic rings. The number of amides is 1. The van der Waals surface area contributed by atoms with E-state index in [1.54, 1.807) is 32.2 Å². The van der Waals surface area contributed by atoms with Crippen molar-refractivity contribution in [1.29, 1.82) is 0 Å². The Morgan fingerprint density at radius 1 is 1.50 bits per heavy atom. The number of aliphatic hydroxyl groups is 1. The highest BCUT2D eigenvalue weighted by Gasteiger charge is 2.18. The summed E-state index contributed by atoms with van der Waals surface area (Å²) in [6.07, 6.45) is -0.651. The van der Waals surface area contributed by atoms with Gasteiger partial charge in [0.2, 0.25) is 0 Å². The first-order valence-electron chi connectivity index (χ1n) is 5.87. The first kappa shape index (κ1) is 14.3. The minimum absolute atomic E-state index is 0.170. The van der Waals surface area contributed by atoms with Crippen LogP contribution in [0, 0.1) is 0 Å². The van der Waals surface area contributed by atoms with Gasteiger partial charge in [0.25, 0.3) is 5.91 Å². The summed E-state index contributed by atoms with van der Waals surface area (Å²) in [5.41, 5.74) is 0.594. The van der Waals surface area contributed by atoms with Crippen LogP contribution >= 0.6 is 0 Å². The Bertz CT molecular complexity index is 406. The lowest BCUT2D eigenvalue weighted by atomic mass is 10.2. The van der Waals surface area contributed by atoms with E-state index in [2.05, 4.69) is 5.32 Å². The molecule has 1 rings (SSSR count). The number of aliphatic hydroxyl groups excluding tert-OH is 1. The molecule has 0 radical (unpaired) electrons. The zero-order valence-electron chi connectivity index (χ0n) is 10.9. The van der Waals surface area contributed by atoms with Crippen LogP contribution in [0.25, 0.3) is 0 Å². The third-order valence-electron chi connectivity index (χ3n) is 2.44. The standard InChI is InChI=1S/C13H19NO4/c1-4-17-11-7-5-6-10(8-15)12(11)18-9(2)13(16)14-3/h5-7,9,15H,4,8H2,1-3H3,(H,14,16). The second kappa shape index (κ2) is 6.86. The Kier molecular flexibility index (Phi) is 5.45. The van der Waals surface area contributed by atoms with Gasteiger partial charge in [0.05, 0.1) is 13.2 Å². The monoisotopic (exact) mass is 253 g/mol. The van der Waals surface area contributed by atoms with E-state index in [0.29, 0.717) is 23.7 Å². The molecular weight excluding hydrogens is 234 g/mol. The molecule has 18 heavy (non-hydrogen) atoms. The van der Waals surface area contributed by atoms with Gasteiger partial charge in [0.15, 0.2) is 17.6 Å². The van der Waals surface area contributed by atoms with E-state index in [1.165, 1.54) is 0 Å². The van der Waals surface area contributed by atoms with Gasteiger partial charge in [-0.25, -0.2) is 0 Å². The number of nitrogens with one attached hydrogen (secondary N) is 1. The van der Waals surface area contributed by atoms with Crippen molar-refractivity contribution in [2.75, 3.05) is 13.7 Å². The van der Waals surface area contributed by atoms with Crippen LogP contribution in [0.1, 0.15) is 19.4 Å². The summed E-state index contributed by atoms with van der Waals surface area (Å²) >= 11 is 0. The first-order chi connectivity index (χ1) is 8.63. The van der Waals surface area contributed by atoms with Crippen LogP contribution in [0.4, 0.5) is 0 Å². The van der Waals surface area contributed by atoms with Crippen molar-refractivity contribution >= 4 is 5.91 Å². The molecule has 1 amide bonds. The molecule has 0 fully saturated rings. The smallest absolute Gasteiger partial charge is 0.260 e. The first-order valence-corrected chi connectivity index (χ1v) is 5.87. The second-order valence-electron chi connectivity index (χ2n) is 3.71. The molecule has 5 nitrogen and oxygen atoms in total. The lowest BCUT2D eigenvalue weighted by molar-refractivity contribution is -0.126. The van der Waals surface area contributed by atoms with Crippen molar-refractivity contribution in [3.63, 3.8) is 0 Å². The molecule has 2 N–H and O–H groups in total. The Morgan fingerprint density at radius 3 is 2.78 bits per heavy atom. The molecule has 100 valence electrons. The lowest BCUT2D eigenvalue weighted by Crippen LogP contribution is -2.34. The van der Waals surface area contributed by atoms with Crippen LogP contribution in [0.2, 0.25) is 0 Å². The van der Waals surface area contributed by atoms with Gasteiger partial charge in [-0.2, -0.15) is 0 Å². The summed E-state index contributed by atoms with van der Waals surface area (Å²) in [5, 5.41) is 11.8. The molecular formula is C13H19NO4. The van der Waals surface area contributed by atoms with Gasteiger partial charge in [0.1, 0.15) is 0 Å². The Morgan fingerprint density at radius 2 is 2.22 bits per heavy atom. The van der Waals surface area contributed by atoms with E-state index in [1.807, 2.05) is 6.92 Å². The molecule has 0 aliphatic heterocycles. The van der Waals surface area contributed by atoms with E-state index in [4.69, 9.17) is 9.47 Å². The zero-order valence-corrected chi connectivity index (χ0v) is 10.9. The molecule has 1 aromatic carbocycles. The molecule has 5 heteroatoms. The van der Waals surface area contributed by atoms with E-state index in [0.717, 1.165) is 0 Å². The average Bonchev–Trinajstić information content (AvgIpc) is 2.39. The highest BCUT2D eigenvalue weighted by atomic mass is 16.5. The van der Waals surface area contributed by atoms with Crippen molar-refractivity contribution in [2.45, 2.75) is 26.6 Å². The van der Waals surface area contributed by atoms with Gasteiger partial charge in [-0.1, -0.05) is 12.1 Å². The van der Waals surface area contributed by atoms with Gasteiger partial charge in [0, 0.05) is 12.6 Å². The molecule has 1 unspecified atom stereocenters. The van der Waals surface area contributed by atoms with Gasteiger partial charge in [-0.3, -0.25) is 4.79 Å². The highest BCUT2D eigenvalue weighted by Crippen LogP contribution is 2.32. The highest BCUT2D eigenvalue weighted by molar-refractivity contribution is 5.80. The minimum Gasteiger partial charge on any atom is -0.490 e. The van der Waals surface area contributed by atoms with Crippen molar-refractivity contribution in [3.8, 4) is 11.5 Å². The Labute approximate surface area is 107 Å². The summed E-state index contributed by atoms with van der Waals surface area (Å²) in [5.74, 6) is 0.711. The molecule has 1 atom stereocenters. The number of ether oxygens (including phenoxy) is 2. The number of hydrogen-bond donors (Lipinski definition) is 2. The zero-order chi connectivity index (χ0) is 13.5. The number of rotatable bonds is 6. The summed E-state index contributed by atoms with van der Waals surface area (Å²) in [6, 6.07) is 5.25. The maximum absolute atomic E-state index is 11.4. The van der Waals surface area contributed by atoms with Gasteiger partial charge >= 0.3 is 0 Å². The van der Waals surface area contributed by atoms with Crippen LogP contribution in [-0.4, -0.2) is 30.8 Å². The maximum Gasteiger partial charge on any atom is 0.260 e. The fraction of sp³-hybridized carbons (Fsp3) is 0.462. The van der Waals surface area contributed by atoms with Crippen LogP contribution in [-0.2, 0) is 11.4 Å². The molecule has 0 aromatic heterocycles. The Balaban J connectivity index is 3.00. The largest absolute Gasteiger partial charge is 0.490 e. The SMILES string of the molecule is CCOc1cccc(CO)c1OC(C)C(=O)NC. The molecule has 0 heterocycles. The number of hydrogen-bond acceptors (Lipinski definition) is 4. The number of carbonyl (C=O) groups is 1.